The summed E-state index contributed by atoms with van der Waals surface area (Å²) in [6.45, 7) is 3.66. The number of halogens is 1. The van der Waals surface area contributed by atoms with Crippen molar-refractivity contribution in [2.45, 2.75) is 0 Å². The zero-order chi connectivity index (χ0) is 8.81. The molecule has 0 aliphatic carbocycles. The summed E-state index contributed by atoms with van der Waals surface area (Å²) in [6.07, 6.45) is 4.59. The molecule has 0 aromatic carbocycles. The summed E-state index contributed by atoms with van der Waals surface area (Å²) in [5.41, 5.74) is 0.458. The van der Waals surface area contributed by atoms with Crippen molar-refractivity contribution in [2.24, 2.45) is 0 Å². The lowest BCUT2D eigenvalue weighted by Gasteiger charge is -1.99. The summed E-state index contributed by atoms with van der Waals surface area (Å²) in [5, 5.41) is 0. The van der Waals surface area contributed by atoms with Gasteiger partial charge in [-0.15, -0.1) is 12.4 Å². The zero-order valence-corrected chi connectivity index (χ0v) is 7.79. The molecule has 3 nitrogen and oxygen atoms in total. The highest BCUT2D eigenvalue weighted by atomic mass is 35.5. The van der Waals surface area contributed by atoms with Gasteiger partial charge in [-0.2, -0.15) is 0 Å². The average Bonchev–Trinajstić information content (AvgIpc) is 2.15. The number of nitrogens with zero attached hydrogens (tertiary/aromatic N) is 1. The van der Waals surface area contributed by atoms with Crippen molar-refractivity contribution in [1.82, 2.24) is 4.98 Å². The Morgan fingerprint density at radius 2 is 2.46 bits per heavy atom. The number of hydrogen-bond acceptors (Lipinski definition) is 3. The van der Waals surface area contributed by atoms with E-state index in [0.717, 1.165) is 0 Å². The van der Waals surface area contributed by atoms with E-state index in [-0.39, 0.29) is 25.0 Å². The molecule has 0 spiro atoms. The SMILES string of the molecule is C=CCOC(=O)c1cccnc1.Cl. The van der Waals surface area contributed by atoms with Crippen molar-refractivity contribution in [2.75, 3.05) is 6.61 Å². The minimum absolute atomic E-state index is 0. The number of aromatic nitrogens is 1. The lowest BCUT2D eigenvalue weighted by molar-refractivity contribution is 0.0549. The summed E-state index contributed by atoms with van der Waals surface area (Å²) in [6, 6.07) is 3.34. The first-order chi connectivity index (χ1) is 5.84. The van der Waals surface area contributed by atoms with E-state index in [0.29, 0.717) is 5.56 Å². The minimum Gasteiger partial charge on any atom is -0.458 e. The molecule has 0 saturated carbocycles. The maximum absolute atomic E-state index is 11.1. The molecular weight excluding hydrogens is 190 g/mol. The Labute approximate surface area is 82.8 Å². The molecule has 0 unspecified atom stereocenters. The van der Waals surface area contributed by atoms with Gasteiger partial charge in [-0.3, -0.25) is 4.98 Å². The van der Waals surface area contributed by atoms with Crippen molar-refractivity contribution in [1.29, 1.82) is 0 Å². The number of ether oxygens (including phenoxy) is 1. The molecule has 70 valence electrons. The number of carbonyl (C=O) groups is 1. The molecule has 0 fully saturated rings. The van der Waals surface area contributed by atoms with Crippen molar-refractivity contribution >= 4 is 18.4 Å². The van der Waals surface area contributed by atoms with Gasteiger partial charge in [0, 0.05) is 12.4 Å². The van der Waals surface area contributed by atoms with E-state index in [9.17, 15) is 4.79 Å². The van der Waals surface area contributed by atoms with Crippen molar-refractivity contribution < 1.29 is 9.53 Å². The molecule has 0 N–H and O–H groups in total. The normalized spacial score (nSPS) is 8.31. The van der Waals surface area contributed by atoms with Gasteiger partial charge in [0.2, 0.25) is 0 Å². The van der Waals surface area contributed by atoms with Crippen LogP contribution in [0.2, 0.25) is 0 Å². The van der Waals surface area contributed by atoms with E-state index < -0.39 is 0 Å². The highest BCUT2D eigenvalue weighted by Gasteiger charge is 2.03. The molecule has 0 saturated heterocycles. The van der Waals surface area contributed by atoms with Gasteiger partial charge in [0.15, 0.2) is 0 Å². The predicted molar refractivity (Wildman–Crippen MR) is 52.0 cm³/mol. The molecule has 0 aliphatic rings. The van der Waals surface area contributed by atoms with E-state index in [1.54, 1.807) is 18.3 Å². The first kappa shape index (κ1) is 11.6. The van der Waals surface area contributed by atoms with Crippen LogP contribution in [0.3, 0.4) is 0 Å². The second kappa shape index (κ2) is 6.20. The quantitative estimate of drug-likeness (QED) is 0.551. The average molecular weight is 200 g/mol. The Morgan fingerprint density at radius 1 is 1.69 bits per heavy atom. The van der Waals surface area contributed by atoms with Crippen LogP contribution in [-0.4, -0.2) is 17.6 Å². The number of carbonyl (C=O) groups excluding carboxylic acids is 1. The molecule has 0 bridgehead atoms. The highest BCUT2D eigenvalue weighted by molar-refractivity contribution is 5.88. The van der Waals surface area contributed by atoms with Crippen molar-refractivity contribution in [3.8, 4) is 0 Å². The molecule has 1 aromatic heterocycles. The van der Waals surface area contributed by atoms with Gasteiger partial charge < -0.3 is 4.74 Å². The highest BCUT2D eigenvalue weighted by Crippen LogP contribution is 1.97. The van der Waals surface area contributed by atoms with Crippen LogP contribution in [0.1, 0.15) is 10.4 Å². The first-order valence-corrected chi connectivity index (χ1v) is 3.52. The molecule has 1 aromatic rings. The van der Waals surface area contributed by atoms with Crippen LogP contribution in [0.4, 0.5) is 0 Å². The molecule has 13 heavy (non-hydrogen) atoms. The van der Waals surface area contributed by atoms with E-state index in [2.05, 4.69) is 11.6 Å². The number of esters is 1. The van der Waals surface area contributed by atoms with Crippen LogP contribution < -0.4 is 0 Å². The summed E-state index contributed by atoms with van der Waals surface area (Å²) >= 11 is 0. The Morgan fingerprint density at radius 3 is 3.00 bits per heavy atom. The lowest BCUT2D eigenvalue weighted by atomic mass is 10.3. The van der Waals surface area contributed by atoms with Crippen LogP contribution in [0.25, 0.3) is 0 Å². The fraction of sp³-hybridized carbons (Fsp3) is 0.111. The molecule has 1 rings (SSSR count). The Kier molecular flexibility index (Phi) is 5.55. The summed E-state index contributed by atoms with van der Waals surface area (Å²) in [7, 11) is 0. The maximum atomic E-state index is 11.1. The zero-order valence-electron chi connectivity index (χ0n) is 6.97. The van der Waals surface area contributed by atoms with Gasteiger partial charge in [0.05, 0.1) is 5.56 Å². The fourth-order valence-electron chi connectivity index (χ4n) is 0.701. The summed E-state index contributed by atoms with van der Waals surface area (Å²) in [5.74, 6) is -0.372. The van der Waals surface area contributed by atoms with Crippen LogP contribution in [0.5, 0.6) is 0 Å². The number of hydrogen-bond donors (Lipinski definition) is 0. The molecule has 1 heterocycles. The van der Waals surface area contributed by atoms with Crippen LogP contribution in [0.15, 0.2) is 37.2 Å². The third-order valence-corrected chi connectivity index (χ3v) is 1.23. The van der Waals surface area contributed by atoms with Gasteiger partial charge in [-0.1, -0.05) is 12.7 Å². The first-order valence-electron chi connectivity index (χ1n) is 3.52. The van der Waals surface area contributed by atoms with E-state index >= 15 is 0 Å². The Balaban J connectivity index is 0.00000144. The van der Waals surface area contributed by atoms with E-state index in [1.807, 2.05) is 0 Å². The Hall–Kier alpha value is -1.35. The van der Waals surface area contributed by atoms with Crippen LogP contribution in [0, 0.1) is 0 Å². The van der Waals surface area contributed by atoms with Gasteiger partial charge >= 0.3 is 5.97 Å². The molecule has 0 amide bonds. The molecule has 4 heteroatoms. The fourth-order valence-corrected chi connectivity index (χ4v) is 0.701. The predicted octanol–water partition coefficient (Wildman–Crippen LogP) is 1.85. The molecule has 0 aliphatic heterocycles. The second-order valence-electron chi connectivity index (χ2n) is 2.13. The smallest absolute Gasteiger partial charge is 0.340 e. The second-order valence-corrected chi connectivity index (χ2v) is 2.13. The van der Waals surface area contributed by atoms with Crippen LogP contribution >= 0.6 is 12.4 Å². The monoisotopic (exact) mass is 199 g/mol. The molecule has 0 atom stereocenters. The van der Waals surface area contributed by atoms with Gasteiger partial charge in [0.25, 0.3) is 0 Å². The summed E-state index contributed by atoms with van der Waals surface area (Å²) in [4.78, 5) is 14.9. The van der Waals surface area contributed by atoms with Gasteiger partial charge in [0.1, 0.15) is 6.61 Å². The number of rotatable bonds is 3. The minimum atomic E-state index is -0.372. The standard InChI is InChI=1S/C9H9NO2.ClH/c1-2-6-12-9(11)8-4-3-5-10-7-8;/h2-5,7H,1,6H2;1H. The molecular formula is C9H10ClNO2. The van der Waals surface area contributed by atoms with E-state index in [4.69, 9.17) is 4.74 Å². The lowest BCUT2D eigenvalue weighted by Crippen LogP contribution is -2.04. The topological polar surface area (TPSA) is 39.2 Å². The summed E-state index contributed by atoms with van der Waals surface area (Å²) < 4.78 is 4.78. The third kappa shape index (κ3) is 3.71. The van der Waals surface area contributed by atoms with E-state index in [1.165, 1.54) is 12.3 Å². The van der Waals surface area contributed by atoms with Gasteiger partial charge in [-0.05, 0) is 12.1 Å². The maximum Gasteiger partial charge on any atom is 0.340 e. The molecule has 0 radical (unpaired) electrons. The van der Waals surface area contributed by atoms with Crippen LogP contribution in [-0.2, 0) is 4.74 Å². The van der Waals surface area contributed by atoms with Crippen molar-refractivity contribution in [3.63, 3.8) is 0 Å². The largest absolute Gasteiger partial charge is 0.458 e. The number of pyridine rings is 1. The Bertz CT molecular complexity index is 274. The van der Waals surface area contributed by atoms with Crippen molar-refractivity contribution in [3.05, 3.63) is 42.7 Å². The third-order valence-electron chi connectivity index (χ3n) is 1.23. The van der Waals surface area contributed by atoms with Gasteiger partial charge in [-0.25, -0.2) is 4.79 Å².